The Kier molecular flexibility index (Phi) is 4.46. The Morgan fingerprint density at radius 3 is 2.55 bits per heavy atom. The van der Waals surface area contributed by atoms with Gasteiger partial charge in [-0.3, -0.25) is 0 Å². The van der Waals surface area contributed by atoms with Gasteiger partial charge >= 0.3 is 5.97 Å². The lowest BCUT2D eigenvalue weighted by atomic mass is 9.95. The number of esters is 1. The highest BCUT2D eigenvalue weighted by Gasteiger charge is 2.26. The van der Waals surface area contributed by atoms with Gasteiger partial charge in [-0.05, 0) is 54.4 Å². The molecule has 1 N–H and O–H groups in total. The Bertz CT molecular complexity index is 715. The second kappa shape index (κ2) is 6.36. The molecular formula is C13H12Cl2N4O2S. The lowest BCUT2D eigenvalue weighted by Gasteiger charge is -2.11. The number of nitrogens with one attached hydrogen (secondary N) is 1. The Morgan fingerprint density at radius 1 is 1.18 bits per heavy atom. The molecule has 0 spiro atoms. The number of aryl methyl sites for hydroxylation is 1. The van der Waals surface area contributed by atoms with Crippen molar-refractivity contribution in [2.24, 2.45) is 0 Å². The van der Waals surface area contributed by atoms with Gasteiger partial charge in [0.25, 0.3) is 0 Å². The van der Waals surface area contributed by atoms with Gasteiger partial charge in [0.15, 0.2) is 0 Å². The Balaban J connectivity index is 2.02. The van der Waals surface area contributed by atoms with Crippen molar-refractivity contribution in [3.63, 3.8) is 0 Å². The summed E-state index contributed by atoms with van der Waals surface area (Å²) in [6.07, 6.45) is 4.02. The average Bonchev–Trinajstić information content (AvgIpc) is 2.83. The molecule has 2 aromatic rings. The SMILES string of the molecule is COC(=O)c1c(Nc2nc(Cl)nc(Cl)n2)sc2c1CCCC2. The third kappa shape index (κ3) is 3.02. The van der Waals surface area contributed by atoms with Crippen LogP contribution in [0.3, 0.4) is 0 Å². The summed E-state index contributed by atoms with van der Waals surface area (Å²) in [5.41, 5.74) is 1.60. The summed E-state index contributed by atoms with van der Waals surface area (Å²) in [7, 11) is 1.37. The van der Waals surface area contributed by atoms with Gasteiger partial charge in [-0.2, -0.15) is 15.0 Å². The van der Waals surface area contributed by atoms with Crippen LogP contribution in [0.25, 0.3) is 0 Å². The Morgan fingerprint density at radius 2 is 1.86 bits per heavy atom. The molecule has 9 heteroatoms. The summed E-state index contributed by atoms with van der Waals surface area (Å²) in [5.74, 6) is -0.165. The maximum Gasteiger partial charge on any atom is 0.341 e. The number of carbonyl (C=O) groups is 1. The fourth-order valence-electron chi connectivity index (χ4n) is 2.46. The number of aromatic nitrogens is 3. The average molecular weight is 359 g/mol. The first kappa shape index (κ1) is 15.5. The molecule has 1 aliphatic carbocycles. The number of ether oxygens (including phenoxy) is 1. The van der Waals surface area contributed by atoms with Crippen LogP contribution in [-0.4, -0.2) is 28.0 Å². The Hall–Kier alpha value is -1.44. The number of anilines is 2. The molecule has 0 saturated heterocycles. The molecule has 0 amide bonds. The molecular weight excluding hydrogens is 347 g/mol. The highest BCUT2D eigenvalue weighted by Crippen LogP contribution is 2.39. The lowest BCUT2D eigenvalue weighted by Crippen LogP contribution is -2.09. The van der Waals surface area contributed by atoms with E-state index in [2.05, 4.69) is 20.3 Å². The number of methoxy groups -OCH3 is 1. The molecule has 0 unspecified atom stereocenters. The molecule has 0 aliphatic heterocycles. The normalized spacial score (nSPS) is 13.6. The monoisotopic (exact) mass is 358 g/mol. The zero-order valence-electron chi connectivity index (χ0n) is 11.7. The molecule has 6 nitrogen and oxygen atoms in total. The minimum atomic E-state index is -0.367. The first-order valence-corrected chi connectivity index (χ1v) is 8.22. The molecule has 1 aliphatic rings. The van der Waals surface area contributed by atoms with Gasteiger partial charge in [-0.15, -0.1) is 11.3 Å². The van der Waals surface area contributed by atoms with Crippen LogP contribution in [0, 0.1) is 0 Å². The topological polar surface area (TPSA) is 77.0 Å². The fraction of sp³-hybridized carbons (Fsp3) is 0.385. The number of carbonyl (C=O) groups excluding carboxylic acids is 1. The minimum absolute atomic E-state index is 0.0107. The predicted molar refractivity (Wildman–Crippen MR) is 85.4 cm³/mol. The largest absolute Gasteiger partial charge is 0.465 e. The van der Waals surface area contributed by atoms with E-state index in [0.29, 0.717) is 10.6 Å². The van der Waals surface area contributed by atoms with Gasteiger partial charge in [-0.1, -0.05) is 0 Å². The molecule has 2 heterocycles. The third-order valence-corrected chi connectivity index (χ3v) is 4.91. The molecule has 0 radical (unpaired) electrons. The van der Waals surface area contributed by atoms with Crippen LogP contribution in [0.5, 0.6) is 0 Å². The van der Waals surface area contributed by atoms with Gasteiger partial charge in [-0.25, -0.2) is 4.79 Å². The molecule has 0 fully saturated rings. The van der Waals surface area contributed by atoms with E-state index in [1.807, 2.05) is 0 Å². The van der Waals surface area contributed by atoms with E-state index in [-0.39, 0.29) is 22.5 Å². The van der Waals surface area contributed by atoms with Gasteiger partial charge in [0.2, 0.25) is 16.5 Å². The second-order valence-corrected chi connectivity index (χ2v) is 6.51. The molecule has 116 valence electrons. The standard InChI is InChI=1S/C13H12Cl2N4O2S/c1-21-10(20)8-6-4-2-3-5-7(6)22-9(8)16-13-18-11(14)17-12(15)19-13/h2-5H2,1H3,(H,16,17,18,19). The van der Waals surface area contributed by atoms with Crippen LogP contribution in [-0.2, 0) is 17.6 Å². The predicted octanol–water partition coefficient (Wildman–Crippen LogP) is 3.65. The van der Waals surface area contributed by atoms with E-state index in [9.17, 15) is 4.79 Å². The number of hydrogen-bond acceptors (Lipinski definition) is 7. The van der Waals surface area contributed by atoms with Crippen molar-refractivity contribution in [1.29, 1.82) is 0 Å². The van der Waals surface area contributed by atoms with Crippen molar-refractivity contribution in [3.05, 3.63) is 26.6 Å². The second-order valence-electron chi connectivity index (χ2n) is 4.73. The quantitative estimate of drug-likeness (QED) is 0.843. The maximum absolute atomic E-state index is 12.1. The summed E-state index contributed by atoms with van der Waals surface area (Å²) >= 11 is 13.1. The van der Waals surface area contributed by atoms with Crippen LogP contribution in [0.15, 0.2) is 0 Å². The summed E-state index contributed by atoms with van der Waals surface area (Å²) in [5, 5.41) is 3.64. The molecule has 0 atom stereocenters. The summed E-state index contributed by atoms with van der Waals surface area (Å²) in [6.45, 7) is 0. The molecule has 0 aromatic carbocycles. The van der Waals surface area contributed by atoms with E-state index in [0.717, 1.165) is 31.2 Å². The number of nitrogens with zero attached hydrogens (tertiary/aromatic N) is 3. The minimum Gasteiger partial charge on any atom is -0.465 e. The number of rotatable bonds is 3. The van der Waals surface area contributed by atoms with Crippen LogP contribution < -0.4 is 5.32 Å². The smallest absolute Gasteiger partial charge is 0.341 e. The summed E-state index contributed by atoms with van der Waals surface area (Å²) < 4.78 is 4.91. The first-order valence-electron chi connectivity index (χ1n) is 6.65. The molecule has 0 saturated carbocycles. The van der Waals surface area contributed by atoms with Gasteiger partial charge < -0.3 is 10.1 Å². The molecule has 3 rings (SSSR count). The highest BCUT2D eigenvalue weighted by atomic mass is 35.5. The van der Waals surface area contributed by atoms with Gasteiger partial charge in [0, 0.05) is 4.88 Å². The van der Waals surface area contributed by atoms with Crippen molar-refractivity contribution in [2.45, 2.75) is 25.7 Å². The van der Waals surface area contributed by atoms with Crippen LogP contribution in [0.4, 0.5) is 10.9 Å². The van der Waals surface area contributed by atoms with Crippen molar-refractivity contribution in [3.8, 4) is 0 Å². The lowest BCUT2D eigenvalue weighted by molar-refractivity contribution is 0.0601. The van der Waals surface area contributed by atoms with E-state index < -0.39 is 0 Å². The van der Waals surface area contributed by atoms with Crippen LogP contribution in [0.2, 0.25) is 10.6 Å². The number of fused-ring (bicyclic) bond motifs is 1. The van der Waals surface area contributed by atoms with Gasteiger partial charge in [0.05, 0.1) is 12.7 Å². The van der Waals surface area contributed by atoms with E-state index in [4.69, 9.17) is 27.9 Å². The van der Waals surface area contributed by atoms with Crippen molar-refractivity contribution >= 4 is 51.5 Å². The van der Waals surface area contributed by atoms with Crippen LogP contribution >= 0.6 is 34.5 Å². The van der Waals surface area contributed by atoms with E-state index in [1.165, 1.54) is 23.3 Å². The summed E-state index contributed by atoms with van der Waals surface area (Å²) in [4.78, 5) is 24.9. The zero-order chi connectivity index (χ0) is 15.7. The highest BCUT2D eigenvalue weighted by molar-refractivity contribution is 7.16. The zero-order valence-corrected chi connectivity index (χ0v) is 14.0. The molecule has 2 aromatic heterocycles. The summed E-state index contributed by atoms with van der Waals surface area (Å²) in [6, 6.07) is 0. The number of thiophene rings is 1. The van der Waals surface area contributed by atoms with Crippen LogP contribution in [0.1, 0.15) is 33.6 Å². The third-order valence-electron chi connectivity index (χ3n) is 3.37. The van der Waals surface area contributed by atoms with E-state index in [1.54, 1.807) is 0 Å². The fourth-order valence-corrected chi connectivity index (χ4v) is 4.09. The van der Waals surface area contributed by atoms with Crippen molar-refractivity contribution in [1.82, 2.24) is 15.0 Å². The number of hydrogen-bond donors (Lipinski definition) is 1. The molecule has 0 bridgehead atoms. The van der Waals surface area contributed by atoms with Crippen molar-refractivity contribution < 1.29 is 9.53 Å². The molecule has 22 heavy (non-hydrogen) atoms. The number of halogens is 2. The first-order chi connectivity index (χ1) is 10.6. The maximum atomic E-state index is 12.1. The Labute approximate surface area is 140 Å². The van der Waals surface area contributed by atoms with E-state index >= 15 is 0 Å². The van der Waals surface area contributed by atoms with Gasteiger partial charge in [0.1, 0.15) is 5.00 Å². The van der Waals surface area contributed by atoms with Crippen molar-refractivity contribution in [2.75, 3.05) is 12.4 Å².